The van der Waals surface area contributed by atoms with E-state index in [4.69, 9.17) is 0 Å². The molecular formula is C13H27N5. The van der Waals surface area contributed by atoms with Crippen LogP contribution in [0.15, 0.2) is 0 Å². The Balaban J connectivity index is 2.62. The van der Waals surface area contributed by atoms with Crippen LogP contribution in [0.3, 0.4) is 0 Å². The Hall–Kier alpha value is -0.970. The van der Waals surface area contributed by atoms with E-state index < -0.39 is 0 Å². The molecule has 0 amide bonds. The summed E-state index contributed by atoms with van der Waals surface area (Å²) in [5.74, 6) is 0.970. The molecule has 0 fully saturated rings. The molecule has 5 nitrogen and oxygen atoms in total. The van der Waals surface area contributed by atoms with Crippen LogP contribution in [-0.4, -0.2) is 26.8 Å². The second kappa shape index (κ2) is 9.03. The van der Waals surface area contributed by atoms with Crippen LogP contribution in [0.2, 0.25) is 0 Å². The van der Waals surface area contributed by atoms with E-state index in [-0.39, 0.29) is 0 Å². The molecule has 104 valence electrons. The topological polar surface area (TPSA) is 55.6 Å². The van der Waals surface area contributed by atoms with Gasteiger partial charge < -0.3 is 5.32 Å². The number of nitrogens with one attached hydrogen (secondary N) is 1. The summed E-state index contributed by atoms with van der Waals surface area (Å²) in [7, 11) is 0. The molecule has 1 aromatic rings. The Morgan fingerprint density at radius 3 is 2.61 bits per heavy atom. The highest BCUT2D eigenvalue weighted by Crippen LogP contribution is 2.20. The first-order chi connectivity index (χ1) is 8.83. The van der Waals surface area contributed by atoms with E-state index in [9.17, 15) is 0 Å². The summed E-state index contributed by atoms with van der Waals surface area (Å²) in [6, 6.07) is 0.461. The van der Waals surface area contributed by atoms with Crippen LogP contribution in [0.25, 0.3) is 0 Å². The van der Waals surface area contributed by atoms with Gasteiger partial charge in [-0.15, -0.1) is 5.10 Å². The Morgan fingerprint density at radius 1 is 1.11 bits per heavy atom. The minimum atomic E-state index is 0.461. The fourth-order valence-corrected chi connectivity index (χ4v) is 2.15. The molecule has 5 heteroatoms. The second-order valence-electron chi connectivity index (χ2n) is 4.80. The zero-order chi connectivity index (χ0) is 13.2. The lowest BCUT2D eigenvalue weighted by atomic mass is 10.1. The van der Waals surface area contributed by atoms with Gasteiger partial charge in [0, 0.05) is 0 Å². The number of nitrogens with zero attached hydrogens (tertiary/aromatic N) is 4. The highest BCUT2D eigenvalue weighted by molar-refractivity contribution is 4.84. The zero-order valence-corrected chi connectivity index (χ0v) is 12.0. The Morgan fingerprint density at radius 2 is 1.94 bits per heavy atom. The lowest BCUT2D eigenvalue weighted by Crippen LogP contribution is -2.21. The number of unbranched alkanes of at least 4 members (excludes halogenated alkanes) is 1. The second-order valence-corrected chi connectivity index (χ2v) is 4.80. The van der Waals surface area contributed by atoms with Crippen molar-refractivity contribution in [2.75, 3.05) is 6.54 Å². The van der Waals surface area contributed by atoms with Gasteiger partial charge in [-0.1, -0.05) is 40.0 Å². The first-order valence-electron chi connectivity index (χ1n) is 7.30. The van der Waals surface area contributed by atoms with E-state index in [1.165, 1.54) is 25.7 Å². The van der Waals surface area contributed by atoms with Crippen molar-refractivity contribution in [1.29, 1.82) is 0 Å². The van der Waals surface area contributed by atoms with Gasteiger partial charge in [0.2, 0.25) is 0 Å². The van der Waals surface area contributed by atoms with Crippen LogP contribution in [-0.2, 0) is 6.54 Å². The number of tetrazole rings is 1. The molecule has 1 aromatic heterocycles. The average molecular weight is 253 g/mol. The van der Waals surface area contributed by atoms with E-state index in [0.29, 0.717) is 6.04 Å². The van der Waals surface area contributed by atoms with E-state index in [1.807, 2.05) is 4.68 Å². The summed E-state index contributed by atoms with van der Waals surface area (Å²) in [6.07, 6.45) is 7.12. The van der Waals surface area contributed by atoms with E-state index in [1.54, 1.807) is 0 Å². The molecule has 0 aromatic carbocycles. The molecule has 0 saturated heterocycles. The molecule has 0 aliphatic rings. The number of rotatable bonds is 10. The zero-order valence-electron chi connectivity index (χ0n) is 12.0. The number of hydrogen-bond donors (Lipinski definition) is 1. The van der Waals surface area contributed by atoms with Gasteiger partial charge in [-0.3, -0.25) is 0 Å². The van der Waals surface area contributed by atoms with Gasteiger partial charge in [0.15, 0.2) is 5.82 Å². The van der Waals surface area contributed by atoms with Gasteiger partial charge in [-0.2, -0.15) is 0 Å². The summed E-state index contributed by atoms with van der Waals surface area (Å²) >= 11 is 0. The Kier molecular flexibility index (Phi) is 7.57. The predicted molar refractivity (Wildman–Crippen MR) is 73.3 cm³/mol. The van der Waals surface area contributed by atoms with Gasteiger partial charge in [0.05, 0.1) is 12.6 Å². The summed E-state index contributed by atoms with van der Waals surface area (Å²) in [5, 5.41) is 15.5. The molecule has 0 bridgehead atoms. The summed E-state index contributed by atoms with van der Waals surface area (Å²) in [6.45, 7) is 8.40. The molecule has 1 heterocycles. The smallest absolute Gasteiger partial charge is 0.165 e. The first kappa shape index (κ1) is 15.1. The third-order valence-corrected chi connectivity index (χ3v) is 3.13. The molecule has 1 atom stereocenters. The van der Waals surface area contributed by atoms with Crippen LogP contribution in [0.5, 0.6) is 0 Å². The van der Waals surface area contributed by atoms with Crippen molar-refractivity contribution in [2.45, 2.75) is 71.9 Å². The fraction of sp³-hybridized carbons (Fsp3) is 0.923. The van der Waals surface area contributed by atoms with Crippen molar-refractivity contribution in [3.63, 3.8) is 0 Å². The standard InChI is InChI=1S/C13H27N5/c1-4-7-9-12(8-5-2)18-13(15-16-17-18)11-14-10-6-3/h12,14H,4-11H2,1-3H3. The number of hydrogen-bond acceptors (Lipinski definition) is 4. The van der Waals surface area contributed by atoms with Gasteiger partial charge in [0.1, 0.15) is 0 Å². The maximum atomic E-state index is 4.18. The van der Waals surface area contributed by atoms with Crippen molar-refractivity contribution in [3.8, 4) is 0 Å². The maximum absolute atomic E-state index is 4.18. The lowest BCUT2D eigenvalue weighted by molar-refractivity contribution is 0.362. The maximum Gasteiger partial charge on any atom is 0.165 e. The average Bonchev–Trinajstić information content (AvgIpc) is 2.83. The molecule has 0 saturated carbocycles. The van der Waals surface area contributed by atoms with Crippen LogP contribution >= 0.6 is 0 Å². The van der Waals surface area contributed by atoms with Crippen molar-refractivity contribution >= 4 is 0 Å². The van der Waals surface area contributed by atoms with Gasteiger partial charge in [-0.05, 0) is 36.2 Å². The summed E-state index contributed by atoms with van der Waals surface area (Å²) in [4.78, 5) is 0. The largest absolute Gasteiger partial charge is 0.310 e. The van der Waals surface area contributed by atoms with Crippen LogP contribution in [0.4, 0.5) is 0 Å². The van der Waals surface area contributed by atoms with Crippen molar-refractivity contribution in [1.82, 2.24) is 25.5 Å². The highest BCUT2D eigenvalue weighted by atomic mass is 15.6. The molecule has 0 aliphatic carbocycles. The predicted octanol–water partition coefficient (Wildman–Crippen LogP) is 2.70. The van der Waals surface area contributed by atoms with E-state index >= 15 is 0 Å². The van der Waals surface area contributed by atoms with Gasteiger partial charge in [-0.25, -0.2) is 4.68 Å². The van der Waals surface area contributed by atoms with Gasteiger partial charge in [0.25, 0.3) is 0 Å². The van der Waals surface area contributed by atoms with Crippen LogP contribution in [0.1, 0.15) is 71.2 Å². The molecule has 1 unspecified atom stereocenters. The number of aromatic nitrogens is 4. The summed E-state index contributed by atoms with van der Waals surface area (Å²) in [5.41, 5.74) is 0. The third-order valence-electron chi connectivity index (χ3n) is 3.13. The van der Waals surface area contributed by atoms with Gasteiger partial charge >= 0.3 is 0 Å². The normalized spacial score (nSPS) is 12.8. The lowest BCUT2D eigenvalue weighted by Gasteiger charge is -2.17. The minimum Gasteiger partial charge on any atom is -0.310 e. The Labute approximate surface area is 110 Å². The summed E-state index contributed by atoms with van der Waals surface area (Å²) < 4.78 is 2.03. The van der Waals surface area contributed by atoms with Crippen LogP contribution < -0.4 is 5.32 Å². The quantitative estimate of drug-likeness (QED) is 0.651. The molecule has 0 aliphatic heterocycles. The Bertz CT molecular complexity index is 310. The molecule has 1 rings (SSSR count). The molecule has 18 heavy (non-hydrogen) atoms. The monoisotopic (exact) mass is 253 g/mol. The van der Waals surface area contributed by atoms with Crippen molar-refractivity contribution in [3.05, 3.63) is 5.82 Å². The van der Waals surface area contributed by atoms with Crippen LogP contribution in [0, 0.1) is 0 Å². The third kappa shape index (κ3) is 4.72. The molecule has 0 radical (unpaired) electrons. The van der Waals surface area contributed by atoms with E-state index in [0.717, 1.165) is 31.8 Å². The fourth-order valence-electron chi connectivity index (χ4n) is 2.15. The van der Waals surface area contributed by atoms with E-state index in [2.05, 4.69) is 41.6 Å². The first-order valence-corrected chi connectivity index (χ1v) is 7.30. The molecule has 1 N–H and O–H groups in total. The molecule has 0 spiro atoms. The SMILES string of the molecule is CCCCC(CCC)n1nnnc1CNCCC. The highest BCUT2D eigenvalue weighted by Gasteiger charge is 2.15. The van der Waals surface area contributed by atoms with Crippen molar-refractivity contribution < 1.29 is 0 Å². The molecular weight excluding hydrogens is 226 g/mol. The minimum absolute atomic E-state index is 0.461. The van der Waals surface area contributed by atoms with Crippen molar-refractivity contribution in [2.24, 2.45) is 0 Å².